The average Bonchev–Trinajstić information content (AvgIpc) is 3.14. The van der Waals surface area contributed by atoms with E-state index in [9.17, 15) is 0 Å². The molecule has 0 spiro atoms. The Kier molecular flexibility index (Phi) is 6.46. The molecule has 0 aliphatic rings. The second-order valence-corrected chi connectivity index (χ2v) is 7.12. The highest BCUT2D eigenvalue weighted by Crippen LogP contribution is 2.41. The first-order valence-electron chi connectivity index (χ1n) is 9.03. The van der Waals surface area contributed by atoms with Crippen molar-refractivity contribution in [3.05, 3.63) is 47.5 Å². The summed E-state index contributed by atoms with van der Waals surface area (Å²) < 4.78 is 18.5. The minimum atomic E-state index is 0.561. The third-order valence-corrected chi connectivity index (χ3v) is 5.59. The van der Waals surface area contributed by atoms with Gasteiger partial charge in [0.25, 0.3) is 0 Å². The number of benzene rings is 2. The molecule has 0 radical (unpaired) electrons. The molecule has 0 bridgehead atoms. The second-order valence-electron chi connectivity index (χ2n) is 6.18. The summed E-state index contributed by atoms with van der Waals surface area (Å²) in [6.07, 6.45) is 0. The molecular formula is C21H25N3O3S. The molecule has 1 aromatic heterocycles. The van der Waals surface area contributed by atoms with Crippen LogP contribution in [-0.4, -0.2) is 36.1 Å². The maximum absolute atomic E-state index is 5.47. The van der Waals surface area contributed by atoms with Crippen LogP contribution in [0.3, 0.4) is 0 Å². The Morgan fingerprint density at radius 1 is 0.964 bits per heavy atom. The van der Waals surface area contributed by atoms with Crippen LogP contribution in [0, 0.1) is 6.92 Å². The summed E-state index contributed by atoms with van der Waals surface area (Å²) in [7, 11) is 4.80. The third kappa shape index (κ3) is 3.94. The fourth-order valence-corrected chi connectivity index (χ4v) is 4.10. The van der Waals surface area contributed by atoms with E-state index in [0.29, 0.717) is 17.2 Å². The zero-order valence-corrected chi connectivity index (χ0v) is 17.7. The van der Waals surface area contributed by atoms with E-state index < -0.39 is 0 Å². The molecule has 0 amide bonds. The standard InChI is InChI=1S/C21H25N3O3S/c1-6-24-20(16-11-17(25-3)19(27-5)18(12-16)26-4)22-23-21(24)28-13-15-10-8-7-9-14(15)2/h7-12H,6,13H2,1-5H3. The monoisotopic (exact) mass is 399 g/mol. The minimum absolute atomic E-state index is 0.561. The molecule has 7 heteroatoms. The van der Waals surface area contributed by atoms with Gasteiger partial charge in [-0.15, -0.1) is 10.2 Å². The van der Waals surface area contributed by atoms with E-state index in [1.165, 1.54) is 11.1 Å². The fraction of sp³-hybridized carbons (Fsp3) is 0.333. The Morgan fingerprint density at radius 2 is 1.64 bits per heavy atom. The van der Waals surface area contributed by atoms with E-state index in [4.69, 9.17) is 14.2 Å². The van der Waals surface area contributed by atoms with Gasteiger partial charge in [-0.25, -0.2) is 0 Å². The van der Waals surface area contributed by atoms with Crippen LogP contribution in [0.15, 0.2) is 41.6 Å². The highest BCUT2D eigenvalue weighted by atomic mass is 32.2. The van der Waals surface area contributed by atoms with Crippen molar-refractivity contribution in [2.45, 2.75) is 31.3 Å². The zero-order chi connectivity index (χ0) is 20.1. The molecule has 6 nitrogen and oxygen atoms in total. The van der Waals surface area contributed by atoms with Crippen molar-refractivity contribution >= 4 is 11.8 Å². The van der Waals surface area contributed by atoms with Crippen LogP contribution >= 0.6 is 11.8 Å². The van der Waals surface area contributed by atoms with E-state index in [1.807, 2.05) is 12.1 Å². The molecule has 28 heavy (non-hydrogen) atoms. The Balaban J connectivity index is 1.95. The largest absolute Gasteiger partial charge is 0.493 e. The van der Waals surface area contributed by atoms with Gasteiger partial charge in [0.05, 0.1) is 21.3 Å². The SMILES string of the molecule is CCn1c(SCc2ccccc2C)nnc1-c1cc(OC)c(OC)c(OC)c1. The van der Waals surface area contributed by atoms with Gasteiger partial charge in [0.15, 0.2) is 22.5 Å². The molecule has 0 fully saturated rings. The Morgan fingerprint density at radius 3 is 2.21 bits per heavy atom. The van der Waals surface area contributed by atoms with E-state index in [1.54, 1.807) is 33.1 Å². The number of ether oxygens (including phenoxy) is 3. The summed E-state index contributed by atoms with van der Waals surface area (Å²) in [6, 6.07) is 12.2. The highest BCUT2D eigenvalue weighted by molar-refractivity contribution is 7.98. The molecule has 0 aliphatic heterocycles. The lowest BCUT2D eigenvalue weighted by Crippen LogP contribution is -2.01. The number of hydrogen-bond acceptors (Lipinski definition) is 6. The lowest BCUT2D eigenvalue weighted by Gasteiger charge is -2.14. The van der Waals surface area contributed by atoms with E-state index in [0.717, 1.165) is 28.8 Å². The van der Waals surface area contributed by atoms with E-state index in [2.05, 4.69) is 52.9 Å². The van der Waals surface area contributed by atoms with Crippen molar-refractivity contribution in [2.75, 3.05) is 21.3 Å². The molecule has 0 saturated carbocycles. The quantitative estimate of drug-likeness (QED) is 0.516. The number of aryl methyl sites for hydroxylation is 1. The molecule has 0 unspecified atom stereocenters. The first kappa shape index (κ1) is 20.1. The second kappa shape index (κ2) is 9.01. The number of rotatable bonds is 8. The molecule has 1 heterocycles. The maximum atomic E-state index is 5.47. The van der Waals surface area contributed by atoms with Gasteiger partial charge in [-0.1, -0.05) is 36.0 Å². The Hall–Kier alpha value is -2.67. The minimum Gasteiger partial charge on any atom is -0.493 e. The van der Waals surface area contributed by atoms with Crippen LogP contribution in [0.5, 0.6) is 17.2 Å². The van der Waals surface area contributed by atoms with Gasteiger partial charge >= 0.3 is 0 Å². The molecule has 148 valence electrons. The average molecular weight is 400 g/mol. The normalized spacial score (nSPS) is 10.8. The van der Waals surface area contributed by atoms with Crippen molar-refractivity contribution in [1.29, 1.82) is 0 Å². The number of nitrogens with zero attached hydrogens (tertiary/aromatic N) is 3. The number of hydrogen-bond donors (Lipinski definition) is 0. The van der Waals surface area contributed by atoms with E-state index >= 15 is 0 Å². The third-order valence-electron chi connectivity index (χ3n) is 4.57. The van der Waals surface area contributed by atoms with Gasteiger partial charge in [-0.3, -0.25) is 0 Å². The molecule has 0 atom stereocenters. The van der Waals surface area contributed by atoms with Crippen LogP contribution in [0.1, 0.15) is 18.1 Å². The van der Waals surface area contributed by atoms with Gasteiger partial charge in [0.1, 0.15) is 0 Å². The summed E-state index contributed by atoms with van der Waals surface area (Å²) >= 11 is 1.68. The van der Waals surface area contributed by atoms with Crippen molar-refractivity contribution in [3.63, 3.8) is 0 Å². The molecule has 0 N–H and O–H groups in total. The van der Waals surface area contributed by atoms with Crippen LogP contribution in [0.2, 0.25) is 0 Å². The van der Waals surface area contributed by atoms with Crippen molar-refractivity contribution in [3.8, 4) is 28.6 Å². The highest BCUT2D eigenvalue weighted by Gasteiger charge is 2.19. The number of thioether (sulfide) groups is 1. The summed E-state index contributed by atoms with van der Waals surface area (Å²) in [4.78, 5) is 0. The van der Waals surface area contributed by atoms with Crippen molar-refractivity contribution < 1.29 is 14.2 Å². The summed E-state index contributed by atoms with van der Waals surface area (Å²) in [5.41, 5.74) is 3.45. The molecule has 0 saturated heterocycles. The lowest BCUT2D eigenvalue weighted by atomic mass is 10.1. The fourth-order valence-electron chi connectivity index (χ4n) is 3.02. The first-order chi connectivity index (χ1) is 13.6. The lowest BCUT2D eigenvalue weighted by molar-refractivity contribution is 0.324. The van der Waals surface area contributed by atoms with Gasteiger partial charge in [0.2, 0.25) is 5.75 Å². The Bertz CT molecular complexity index is 931. The van der Waals surface area contributed by atoms with Crippen LogP contribution in [0.4, 0.5) is 0 Å². The van der Waals surface area contributed by atoms with Gasteiger partial charge in [0, 0.05) is 17.9 Å². The number of aromatic nitrogens is 3. The topological polar surface area (TPSA) is 58.4 Å². The van der Waals surface area contributed by atoms with Gasteiger partial charge in [-0.2, -0.15) is 0 Å². The van der Waals surface area contributed by atoms with Crippen LogP contribution < -0.4 is 14.2 Å². The van der Waals surface area contributed by atoms with Gasteiger partial charge < -0.3 is 18.8 Å². The van der Waals surface area contributed by atoms with Crippen LogP contribution in [0.25, 0.3) is 11.4 Å². The smallest absolute Gasteiger partial charge is 0.203 e. The van der Waals surface area contributed by atoms with E-state index in [-0.39, 0.29) is 0 Å². The predicted molar refractivity (Wildman–Crippen MR) is 112 cm³/mol. The first-order valence-corrected chi connectivity index (χ1v) is 10.0. The maximum Gasteiger partial charge on any atom is 0.203 e. The summed E-state index contributed by atoms with van der Waals surface area (Å²) in [5.74, 6) is 3.37. The number of methoxy groups -OCH3 is 3. The van der Waals surface area contributed by atoms with Crippen molar-refractivity contribution in [1.82, 2.24) is 14.8 Å². The molecular weight excluding hydrogens is 374 g/mol. The van der Waals surface area contributed by atoms with Crippen LogP contribution in [-0.2, 0) is 12.3 Å². The molecule has 3 rings (SSSR count). The van der Waals surface area contributed by atoms with Gasteiger partial charge in [-0.05, 0) is 37.1 Å². The predicted octanol–water partition coefficient (Wildman–Crippen LogP) is 4.59. The van der Waals surface area contributed by atoms with Crippen molar-refractivity contribution in [2.24, 2.45) is 0 Å². The molecule has 3 aromatic rings. The zero-order valence-electron chi connectivity index (χ0n) is 16.9. The summed E-state index contributed by atoms with van der Waals surface area (Å²) in [6.45, 7) is 4.97. The Labute approximate surface area is 169 Å². The summed E-state index contributed by atoms with van der Waals surface area (Å²) in [5, 5.41) is 9.75. The molecule has 0 aliphatic carbocycles. The molecule has 2 aromatic carbocycles.